The molecule has 1 aliphatic rings. The number of hydrogen-bond donors (Lipinski definition) is 1. The number of carbonyl (C=O) groups is 2. The topological polar surface area (TPSA) is 62.6 Å². The number of carbonyl (C=O) groups excluding carboxylic acids is 2. The van der Waals surface area contributed by atoms with Crippen LogP contribution in [0.3, 0.4) is 0 Å². The molecule has 0 aromatic carbocycles. The Labute approximate surface area is 125 Å². The first-order valence-corrected chi connectivity index (χ1v) is 7.64. The van der Waals surface area contributed by atoms with Gasteiger partial charge in [-0.1, -0.05) is 13.8 Å². The number of hydrogen-bond acceptors (Lipinski definition) is 3. The second kappa shape index (κ2) is 7.29. The van der Waals surface area contributed by atoms with Crippen LogP contribution in [0.5, 0.6) is 0 Å². The summed E-state index contributed by atoms with van der Waals surface area (Å²) in [5.41, 5.74) is 0. The fourth-order valence-electron chi connectivity index (χ4n) is 2.60. The number of likely N-dealkylation sites (tertiary alicyclic amines) is 1. The lowest BCUT2D eigenvalue weighted by Gasteiger charge is -2.31. The summed E-state index contributed by atoms with van der Waals surface area (Å²) in [5, 5.41) is 2.89. The Morgan fingerprint density at radius 3 is 2.67 bits per heavy atom. The van der Waals surface area contributed by atoms with Crippen molar-refractivity contribution in [3.8, 4) is 0 Å². The van der Waals surface area contributed by atoms with Crippen molar-refractivity contribution >= 4 is 11.8 Å². The smallest absolute Gasteiger partial charge is 0.223 e. The Bertz CT molecular complexity index is 460. The Morgan fingerprint density at radius 1 is 1.38 bits per heavy atom. The van der Waals surface area contributed by atoms with E-state index in [1.54, 1.807) is 12.3 Å². The molecular formula is C16H24N2O3. The normalized spacial score (nSPS) is 16.2. The van der Waals surface area contributed by atoms with Gasteiger partial charge in [-0.25, -0.2) is 0 Å². The molecule has 0 radical (unpaired) electrons. The van der Waals surface area contributed by atoms with Crippen LogP contribution in [0.1, 0.15) is 38.9 Å². The van der Waals surface area contributed by atoms with E-state index in [1.165, 1.54) is 0 Å². The summed E-state index contributed by atoms with van der Waals surface area (Å²) in [6.45, 7) is 5.90. The van der Waals surface area contributed by atoms with E-state index in [1.807, 2.05) is 24.8 Å². The van der Waals surface area contributed by atoms with E-state index in [0.29, 0.717) is 32.0 Å². The van der Waals surface area contributed by atoms with Gasteiger partial charge >= 0.3 is 0 Å². The van der Waals surface area contributed by atoms with Crippen LogP contribution in [0.15, 0.2) is 22.8 Å². The minimum absolute atomic E-state index is 0.00284. The number of amides is 2. The van der Waals surface area contributed by atoms with Crippen LogP contribution < -0.4 is 5.32 Å². The van der Waals surface area contributed by atoms with Gasteiger partial charge in [0.2, 0.25) is 11.8 Å². The Kier molecular flexibility index (Phi) is 5.42. The van der Waals surface area contributed by atoms with E-state index < -0.39 is 0 Å². The van der Waals surface area contributed by atoms with Gasteiger partial charge in [0, 0.05) is 25.4 Å². The molecule has 116 valence electrons. The van der Waals surface area contributed by atoms with Gasteiger partial charge in [0.05, 0.1) is 12.8 Å². The predicted molar refractivity (Wildman–Crippen MR) is 79.3 cm³/mol. The van der Waals surface area contributed by atoms with Crippen LogP contribution in [0.25, 0.3) is 0 Å². The highest BCUT2D eigenvalue weighted by atomic mass is 16.3. The third kappa shape index (κ3) is 4.62. The monoisotopic (exact) mass is 292 g/mol. The lowest BCUT2D eigenvalue weighted by Crippen LogP contribution is -2.43. The number of furan rings is 1. The molecular weight excluding hydrogens is 268 g/mol. The van der Waals surface area contributed by atoms with Crippen LogP contribution in [0, 0.1) is 11.8 Å². The number of rotatable bonds is 5. The molecule has 21 heavy (non-hydrogen) atoms. The fraction of sp³-hybridized carbons (Fsp3) is 0.625. The predicted octanol–water partition coefficient (Wildman–Crippen LogP) is 2.18. The van der Waals surface area contributed by atoms with Gasteiger partial charge in [0.25, 0.3) is 0 Å². The van der Waals surface area contributed by atoms with E-state index in [2.05, 4.69) is 5.32 Å². The molecule has 0 spiro atoms. The molecule has 0 bridgehead atoms. The zero-order valence-corrected chi connectivity index (χ0v) is 12.8. The fourth-order valence-corrected chi connectivity index (χ4v) is 2.60. The molecule has 5 nitrogen and oxygen atoms in total. The maximum Gasteiger partial charge on any atom is 0.223 e. The summed E-state index contributed by atoms with van der Waals surface area (Å²) in [5.74, 6) is 1.41. The molecule has 0 saturated carbocycles. The number of nitrogens with zero attached hydrogens (tertiary/aromatic N) is 1. The van der Waals surface area contributed by atoms with Crippen LogP contribution in [-0.4, -0.2) is 29.8 Å². The maximum atomic E-state index is 12.1. The van der Waals surface area contributed by atoms with Gasteiger partial charge < -0.3 is 14.6 Å². The molecule has 1 saturated heterocycles. The van der Waals surface area contributed by atoms with E-state index in [4.69, 9.17) is 4.42 Å². The van der Waals surface area contributed by atoms with Crippen LogP contribution in [0.4, 0.5) is 0 Å². The van der Waals surface area contributed by atoms with Gasteiger partial charge in [0.15, 0.2) is 0 Å². The molecule has 1 aromatic heterocycles. The first kappa shape index (κ1) is 15.6. The second-order valence-corrected chi connectivity index (χ2v) is 6.05. The Hall–Kier alpha value is -1.78. The highest BCUT2D eigenvalue weighted by Gasteiger charge is 2.27. The molecule has 5 heteroatoms. The summed E-state index contributed by atoms with van der Waals surface area (Å²) in [6, 6.07) is 3.65. The van der Waals surface area contributed by atoms with Gasteiger partial charge in [-0.05, 0) is 30.9 Å². The zero-order valence-electron chi connectivity index (χ0n) is 12.8. The summed E-state index contributed by atoms with van der Waals surface area (Å²) >= 11 is 0. The van der Waals surface area contributed by atoms with Gasteiger partial charge in [-0.15, -0.1) is 0 Å². The van der Waals surface area contributed by atoms with E-state index in [-0.39, 0.29) is 17.7 Å². The van der Waals surface area contributed by atoms with Crippen molar-refractivity contribution in [3.05, 3.63) is 24.2 Å². The average Bonchev–Trinajstić information content (AvgIpc) is 2.97. The highest BCUT2D eigenvalue weighted by Crippen LogP contribution is 2.19. The van der Waals surface area contributed by atoms with Crippen molar-refractivity contribution in [1.29, 1.82) is 0 Å². The molecule has 2 heterocycles. The van der Waals surface area contributed by atoms with Crippen molar-refractivity contribution in [2.24, 2.45) is 11.8 Å². The Balaban J connectivity index is 1.73. The van der Waals surface area contributed by atoms with Crippen molar-refractivity contribution in [3.63, 3.8) is 0 Å². The molecule has 1 aromatic rings. The SMILES string of the molecule is CC(C)CC(=O)N1CCC(C(=O)NCc2ccco2)CC1. The first-order valence-electron chi connectivity index (χ1n) is 7.64. The van der Waals surface area contributed by atoms with Crippen molar-refractivity contribution in [1.82, 2.24) is 10.2 Å². The molecule has 1 fully saturated rings. The minimum Gasteiger partial charge on any atom is -0.467 e. The third-order valence-electron chi connectivity index (χ3n) is 3.82. The van der Waals surface area contributed by atoms with Crippen LogP contribution >= 0.6 is 0 Å². The zero-order chi connectivity index (χ0) is 15.2. The minimum atomic E-state index is 0.00284. The summed E-state index contributed by atoms with van der Waals surface area (Å²) < 4.78 is 5.19. The van der Waals surface area contributed by atoms with Gasteiger partial charge in [-0.2, -0.15) is 0 Å². The van der Waals surface area contributed by atoms with E-state index in [0.717, 1.165) is 18.6 Å². The van der Waals surface area contributed by atoms with E-state index in [9.17, 15) is 9.59 Å². The molecule has 2 rings (SSSR count). The summed E-state index contributed by atoms with van der Waals surface area (Å²) in [6.07, 6.45) is 3.68. The largest absolute Gasteiger partial charge is 0.467 e. The Morgan fingerprint density at radius 2 is 2.10 bits per heavy atom. The van der Waals surface area contributed by atoms with Gasteiger partial charge in [-0.3, -0.25) is 9.59 Å². The molecule has 1 aliphatic heterocycles. The van der Waals surface area contributed by atoms with Crippen molar-refractivity contribution in [2.75, 3.05) is 13.1 Å². The van der Waals surface area contributed by atoms with Crippen LogP contribution in [-0.2, 0) is 16.1 Å². The van der Waals surface area contributed by atoms with E-state index >= 15 is 0 Å². The standard InChI is InChI=1S/C16H24N2O3/c1-12(2)10-15(19)18-7-5-13(6-8-18)16(20)17-11-14-4-3-9-21-14/h3-4,9,12-13H,5-8,10-11H2,1-2H3,(H,17,20). The summed E-state index contributed by atoms with van der Waals surface area (Å²) in [7, 11) is 0. The summed E-state index contributed by atoms with van der Waals surface area (Å²) in [4.78, 5) is 26.0. The molecule has 0 unspecified atom stereocenters. The van der Waals surface area contributed by atoms with Crippen molar-refractivity contribution < 1.29 is 14.0 Å². The van der Waals surface area contributed by atoms with Crippen molar-refractivity contribution in [2.45, 2.75) is 39.7 Å². The number of nitrogens with one attached hydrogen (secondary N) is 1. The average molecular weight is 292 g/mol. The lowest BCUT2D eigenvalue weighted by molar-refractivity contribution is -0.136. The molecule has 2 amide bonds. The lowest BCUT2D eigenvalue weighted by atomic mass is 9.95. The first-order chi connectivity index (χ1) is 10.1. The maximum absolute atomic E-state index is 12.1. The highest BCUT2D eigenvalue weighted by molar-refractivity contribution is 5.80. The quantitative estimate of drug-likeness (QED) is 0.904. The second-order valence-electron chi connectivity index (χ2n) is 6.05. The molecule has 0 aliphatic carbocycles. The van der Waals surface area contributed by atoms with Gasteiger partial charge in [0.1, 0.15) is 5.76 Å². The third-order valence-corrected chi connectivity index (χ3v) is 3.82. The van der Waals surface area contributed by atoms with Crippen LogP contribution in [0.2, 0.25) is 0 Å². The number of piperidine rings is 1. The molecule has 1 N–H and O–H groups in total. The molecule has 0 atom stereocenters.